The molecule has 0 radical (unpaired) electrons. The summed E-state index contributed by atoms with van der Waals surface area (Å²) in [6.07, 6.45) is 5.96. The number of aromatic nitrogens is 5. The Balaban J connectivity index is 1.18. The van der Waals surface area contributed by atoms with Crippen molar-refractivity contribution in [2.75, 3.05) is 53.5 Å². The predicted octanol–water partition coefficient (Wildman–Crippen LogP) is 6.39. The quantitative estimate of drug-likeness (QED) is 0.177. The second-order valence-corrected chi connectivity index (χ2v) is 11.7. The lowest BCUT2D eigenvalue weighted by atomic mass is 10.0. The minimum absolute atomic E-state index is 0.326. The van der Waals surface area contributed by atoms with Crippen LogP contribution in [0.4, 0.5) is 4.39 Å². The van der Waals surface area contributed by atoms with E-state index >= 15 is 0 Å². The number of likely N-dealkylation sites (N-methyl/N-ethyl adjacent to an activating group) is 1. The molecule has 45 heavy (non-hydrogen) atoms. The van der Waals surface area contributed by atoms with Crippen LogP contribution < -0.4 is 9.47 Å². The third kappa shape index (κ3) is 6.38. The largest absolute Gasteiger partial charge is 0.492 e. The van der Waals surface area contributed by atoms with Crippen molar-refractivity contribution in [2.45, 2.75) is 12.8 Å². The standard InChI is InChI=1S/C35H36FN7O2/c1-42(2)12-14-45-27-18-24(21-37-22-27)30-8-9-32-34(39-30)35(41-40-32)33-20-29-28(6-5-7-31(29)38-33)23-16-25(36)19-26(17-23)44-15-13-43-10-3-4-11-43/h5-9,16-22,38H,3-4,10-15H2,1-2H3,(H,40,41). The number of rotatable bonds is 11. The van der Waals surface area contributed by atoms with E-state index < -0.39 is 0 Å². The lowest BCUT2D eigenvalue weighted by Crippen LogP contribution is -2.25. The van der Waals surface area contributed by atoms with Crippen molar-refractivity contribution in [3.05, 3.63) is 78.9 Å². The first-order valence-electron chi connectivity index (χ1n) is 15.4. The molecule has 2 N–H and O–H groups in total. The summed E-state index contributed by atoms with van der Waals surface area (Å²) in [5.41, 5.74) is 7.27. The van der Waals surface area contributed by atoms with E-state index in [-0.39, 0.29) is 5.82 Å². The predicted molar refractivity (Wildman–Crippen MR) is 175 cm³/mol. The van der Waals surface area contributed by atoms with Gasteiger partial charge in [-0.25, -0.2) is 9.37 Å². The maximum atomic E-state index is 14.8. The second kappa shape index (κ2) is 12.7. The summed E-state index contributed by atoms with van der Waals surface area (Å²) in [7, 11) is 4.02. The molecule has 4 aromatic heterocycles. The Labute approximate surface area is 261 Å². The molecule has 7 rings (SSSR count). The SMILES string of the molecule is CN(C)CCOc1cncc(-c2ccc3[nH]nc(-c4cc5c(-c6cc(F)cc(OCCN7CCCC7)c6)cccc5[nH]4)c3n2)c1. The highest BCUT2D eigenvalue weighted by Gasteiger charge is 2.17. The fourth-order valence-corrected chi connectivity index (χ4v) is 5.87. The van der Waals surface area contributed by atoms with Crippen LogP contribution in [0.25, 0.3) is 55.7 Å². The number of ether oxygens (including phenoxy) is 2. The van der Waals surface area contributed by atoms with Gasteiger partial charge in [-0.3, -0.25) is 15.0 Å². The molecule has 1 aliphatic rings. The number of aromatic amines is 2. The summed E-state index contributed by atoms with van der Waals surface area (Å²) in [4.78, 5) is 17.3. The molecule has 0 amide bonds. The molecule has 1 saturated heterocycles. The Morgan fingerprint density at radius 3 is 2.60 bits per heavy atom. The van der Waals surface area contributed by atoms with Crippen molar-refractivity contribution in [3.8, 4) is 45.3 Å². The first-order chi connectivity index (χ1) is 22.0. The molecule has 2 aromatic carbocycles. The van der Waals surface area contributed by atoms with Crippen molar-refractivity contribution in [2.24, 2.45) is 0 Å². The van der Waals surface area contributed by atoms with E-state index in [1.54, 1.807) is 18.5 Å². The fraction of sp³-hybridized carbons (Fsp3) is 0.286. The summed E-state index contributed by atoms with van der Waals surface area (Å²) in [6, 6.07) is 18.8. The van der Waals surface area contributed by atoms with Gasteiger partial charge in [-0.05, 0) is 93.6 Å². The Kier molecular flexibility index (Phi) is 8.15. The first-order valence-corrected chi connectivity index (χ1v) is 15.4. The Morgan fingerprint density at radius 2 is 1.73 bits per heavy atom. The highest BCUT2D eigenvalue weighted by atomic mass is 19.1. The molecule has 10 heteroatoms. The van der Waals surface area contributed by atoms with Crippen LogP contribution in [-0.4, -0.2) is 88.4 Å². The van der Waals surface area contributed by atoms with E-state index in [2.05, 4.69) is 30.0 Å². The van der Waals surface area contributed by atoms with E-state index in [1.807, 2.05) is 62.6 Å². The monoisotopic (exact) mass is 605 g/mol. The summed E-state index contributed by atoms with van der Waals surface area (Å²) in [5, 5.41) is 8.69. The lowest BCUT2D eigenvalue weighted by molar-refractivity contribution is 0.237. The molecule has 0 aliphatic carbocycles. The maximum absolute atomic E-state index is 14.8. The third-order valence-electron chi connectivity index (χ3n) is 8.20. The lowest BCUT2D eigenvalue weighted by Gasteiger charge is -2.15. The summed E-state index contributed by atoms with van der Waals surface area (Å²) in [5.74, 6) is 0.908. The molecule has 0 saturated carbocycles. The van der Waals surface area contributed by atoms with Crippen molar-refractivity contribution in [1.29, 1.82) is 0 Å². The molecule has 0 bridgehead atoms. The van der Waals surface area contributed by atoms with E-state index in [4.69, 9.17) is 14.5 Å². The van der Waals surface area contributed by atoms with Crippen molar-refractivity contribution < 1.29 is 13.9 Å². The van der Waals surface area contributed by atoms with Gasteiger partial charge < -0.3 is 19.4 Å². The normalized spacial score (nSPS) is 13.8. The van der Waals surface area contributed by atoms with E-state index in [1.165, 1.54) is 18.9 Å². The first kappa shape index (κ1) is 28.9. The number of pyridine rings is 2. The molecule has 0 spiro atoms. The van der Waals surface area contributed by atoms with Gasteiger partial charge in [-0.2, -0.15) is 5.10 Å². The van der Waals surface area contributed by atoms with Crippen LogP contribution >= 0.6 is 0 Å². The van der Waals surface area contributed by atoms with Crippen molar-refractivity contribution >= 4 is 21.9 Å². The molecule has 1 fully saturated rings. The molecule has 9 nitrogen and oxygen atoms in total. The van der Waals surface area contributed by atoms with Gasteiger partial charge in [0.2, 0.25) is 0 Å². The van der Waals surface area contributed by atoms with Gasteiger partial charge in [0, 0.05) is 41.8 Å². The topological polar surface area (TPSA) is 95.2 Å². The molecule has 0 unspecified atom stereocenters. The summed E-state index contributed by atoms with van der Waals surface area (Å²) >= 11 is 0. The van der Waals surface area contributed by atoms with Gasteiger partial charge in [0.1, 0.15) is 41.7 Å². The van der Waals surface area contributed by atoms with Crippen LogP contribution in [0.1, 0.15) is 12.8 Å². The number of H-pyrrole nitrogens is 2. The molecular weight excluding hydrogens is 569 g/mol. The number of benzene rings is 2. The van der Waals surface area contributed by atoms with E-state index in [0.717, 1.165) is 76.2 Å². The number of hydrogen-bond acceptors (Lipinski definition) is 7. The number of hydrogen-bond donors (Lipinski definition) is 2. The van der Waals surface area contributed by atoms with Crippen LogP contribution in [0.2, 0.25) is 0 Å². The minimum atomic E-state index is -0.326. The zero-order valence-corrected chi connectivity index (χ0v) is 25.5. The highest BCUT2D eigenvalue weighted by molar-refractivity contribution is 6.00. The van der Waals surface area contributed by atoms with Crippen LogP contribution in [0, 0.1) is 5.82 Å². The molecule has 5 heterocycles. The number of nitrogens with zero attached hydrogens (tertiary/aromatic N) is 5. The second-order valence-electron chi connectivity index (χ2n) is 11.7. The molecule has 0 atom stereocenters. The Hall–Kier alpha value is -4.80. The minimum Gasteiger partial charge on any atom is -0.492 e. The van der Waals surface area contributed by atoms with Crippen LogP contribution in [0.15, 0.2) is 73.1 Å². The zero-order valence-electron chi connectivity index (χ0n) is 25.5. The van der Waals surface area contributed by atoms with Gasteiger partial charge in [0.05, 0.1) is 23.1 Å². The number of halogens is 1. The maximum Gasteiger partial charge on any atom is 0.138 e. The van der Waals surface area contributed by atoms with Crippen LogP contribution in [-0.2, 0) is 0 Å². The molecular formula is C35H36FN7O2. The Bertz CT molecular complexity index is 1940. The number of fused-ring (bicyclic) bond motifs is 2. The van der Waals surface area contributed by atoms with Crippen molar-refractivity contribution in [3.63, 3.8) is 0 Å². The van der Waals surface area contributed by atoms with Crippen molar-refractivity contribution in [1.82, 2.24) is 34.9 Å². The molecule has 1 aliphatic heterocycles. The van der Waals surface area contributed by atoms with E-state index in [0.29, 0.717) is 30.4 Å². The third-order valence-corrected chi connectivity index (χ3v) is 8.20. The smallest absolute Gasteiger partial charge is 0.138 e. The van der Waals surface area contributed by atoms with Gasteiger partial charge in [0.25, 0.3) is 0 Å². The summed E-state index contributed by atoms with van der Waals surface area (Å²) in [6.45, 7) is 4.98. The average molecular weight is 606 g/mol. The average Bonchev–Trinajstić information content (AvgIpc) is 3.80. The molecule has 230 valence electrons. The highest BCUT2D eigenvalue weighted by Crippen LogP contribution is 2.36. The van der Waals surface area contributed by atoms with Gasteiger partial charge in [-0.1, -0.05) is 12.1 Å². The zero-order chi connectivity index (χ0) is 30.8. The van der Waals surface area contributed by atoms with Crippen LogP contribution in [0.5, 0.6) is 11.5 Å². The van der Waals surface area contributed by atoms with Crippen LogP contribution in [0.3, 0.4) is 0 Å². The Morgan fingerprint density at radius 1 is 0.889 bits per heavy atom. The summed E-state index contributed by atoms with van der Waals surface area (Å²) < 4.78 is 26.7. The van der Waals surface area contributed by atoms with Gasteiger partial charge in [-0.15, -0.1) is 0 Å². The number of likely N-dealkylation sites (tertiary alicyclic amines) is 1. The van der Waals surface area contributed by atoms with Gasteiger partial charge in [0.15, 0.2) is 0 Å². The molecule has 6 aromatic rings. The number of nitrogens with one attached hydrogen (secondary N) is 2. The van der Waals surface area contributed by atoms with E-state index in [9.17, 15) is 4.39 Å². The fourth-order valence-electron chi connectivity index (χ4n) is 5.87. The van der Waals surface area contributed by atoms with Gasteiger partial charge >= 0.3 is 0 Å².